The maximum atomic E-state index is 13.8. The molecule has 5 rings (SSSR count). The molecule has 44 heavy (non-hydrogen) atoms. The van der Waals surface area contributed by atoms with E-state index in [4.69, 9.17) is 15.2 Å². The summed E-state index contributed by atoms with van der Waals surface area (Å²) < 4.78 is 25.9. The Balaban J connectivity index is 1.49. The van der Waals surface area contributed by atoms with Gasteiger partial charge >= 0.3 is 0 Å². The van der Waals surface area contributed by atoms with E-state index in [1.165, 1.54) is 49.6 Å². The lowest BCUT2D eigenvalue weighted by atomic mass is 9.81. The average Bonchev–Trinajstić information content (AvgIpc) is 3.53. The summed E-state index contributed by atoms with van der Waals surface area (Å²) in [5.74, 6) is -0.592. The quantitative estimate of drug-likeness (QED) is 0.188. The summed E-state index contributed by atoms with van der Waals surface area (Å²) in [5, 5.41) is 27.7. The summed E-state index contributed by atoms with van der Waals surface area (Å²) >= 11 is 1.22. The Morgan fingerprint density at radius 2 is 1.82 bits per heavy atom. The highest BCUT2D eigenvalue weighted by atomic mass is 32.1. The van der Waals surface area contributed by atoms with Crippen LogP contribution in [0, 0.1) is 5.82 Å². The number of nitrogen functional groups attached to an aromatic ring is 1. The molecule has 0 bridgehead atoms. The number of thiazole rings is 1. The lowest BCUT2D eigenvalue weighted by molar-refractivity contribution is -0.127. The summed E-state index contributed by atoms with van der Waals surface area (Å²) in [5.41, 5.74) is 4.05. The highest BCUT2D eigenvalue weighted by molar-refractivity contribution is 7.22. The molecule has 0 fully saturated rings. The molecule has 2 atom stereocenters. The van der Waals surface area contributed by atoms with Gasteiger partial charge in [0.2, 0.25) is 5.91 Å². The number of hydrogen-bond acceptors (Lipinski definition) is 10. The van der Waals surface area contributed by atoms with Gasteiger partial charge in [0, 0.05) is 23.2 Å². The zero-order chi connectivity index (χ0) is 32.0. The van der Waals surface area contributed by atoms with Crippen LogP contribution in [0.4, 0.5) is 9.52 Å². The van der Waals surface area contributed by atoms with Gasteiger partial charge in [-0.05, 0) is 70.2 Å². The number of halogens is 1. The minimum Gasteiger partial charge on any atom is -0.494 e. The van der Waals surface area contributed by atoms with Crippen molar-refractivity contribution >= 4 is 38.5 Å². The van der Waals surface area contributed by atoms with E-state index in [1.54, 1.807) is 39.0 Å². The number of aromatic nitrogens is 2. The molecule has 1 aliphatic heterocycles. The third-order valence-electron chi connectivity index (χ3n) is 7.48. The Hall–Kier alpha value is -4.33. The molecular weight excluding hydrogens is 589 g/mol. The van der Waals surface area contributed by atoms with Crippen molar-refractivity contribution in [2.75, 3.05) is 32.5 Å². The van der Waals surface area contributed by atoms with Crippen LogP contribution in [0.15, 0.2) is 42.5 Å². The fraction of sp³-hybridized carbons (Fsp3) is 0.355. The Morgan fingerprint density at radius 3 is 2.48 bits per heavy atom. The van der Waals surface area contributed by atoms with Crippen LogP contribution in [0.25, 0.3) is 21.5 Å². The first-order valence-corrected chi connectivity index (χ1v) is 14.6. The first kappa shape index (κ1) is 31.1. The van der Waals surface area contributed by atoms with Gasteiger partial charge in [-0.3, -0.25) is 9.59 Å². The predicted octanol–water partition coefficient (Wildman–Crippen LogP) is 3.26. The second-order valence-corrected chi connectivity index (χ2v) is 13.0. The average molecular weight is 624 g/mol. The number of ether oxygens (including phenoxy) is 2. The van der Waals surface area contributed by atoms with Gasteiger partial charge in [-0.2, -0.15) is 0 Å². The van der Waals surface area contributed by atoms with Crippen LogP contribution in [0.3, 0.4) is 0 Å². The molecule has 0 saturated heterocycles. The van der Waals surface area contributed by atoms with Gasteiger partial charge in [0.15, 0.2) is 5.13 Å². The van der Waals surface area contributed by atoms with Crippen molar-refractivity contribution in [2.24, 2.45) is 0 Å². The highest BCUT2D eigenvalue weighted by Gasteiger charge is 2.46. The second-order valence-electron chi connectivity index (χ2n) is 11.9. The van der Waals surface area contributed by atoms with E-state index in [2.05, 4.69) is 20.6 Å². The molecule has 0 saturated carbocycles. The number of nitrogens with one attached hydrogen (secondary N) is 2. The third kappa shape index (κ3) is 6.03. The van der Waals surface area contributed by atoms with Crippen molar-refractivity contribution in [1.82, 2.24) is 20.6 Å². The van der Waals surface area contributed by atoms with Crippen molar-refractivity contribution in [3.63, 3.8) is 0 Å². The second kappa shape index (κ2) is 11.3. The van der Waals surface area contributed by atoms with Crippen LogP contribution in [0.2, 0.25) is 0 Å². The van der Waals surface area contributed by atoms with Gasteiger partial charge in [0.05, 0.1) is 29.6 Å². The largest absolute Gasteiger partial charge is 0.494 e. The summed E-state index contributed by atoms with van der Waals surface area (Å²) in [7, 11) is 1.47. The monoisotopic (exact) mass is 623 g/mol. The number of pyridine rings is 1. The van der Waals surface area contributed by atoms with Crippen LogP contribution in [0.1, 0.15) is 49.3 Å². The summed E-state index contributed by atoms with van der Waals surface area (Å²) in [6.07, 6.45) is 0. The predicted molar refractivity (Wildman–Crippen MR) is 164 cm³/mol. The molecule has 0 unspecified atom stereocenters. The Morgan fingerprint density at radius 1 is 1.11 bits per heavy atom. The Bertz CT molecular complexity index is 1750. The maximum absolute atomic E-state index is 13.8. The number of methoxy groups -OCH3 is 1. The number of nitrogens with zero attached hydrogens (tertiary/aromatic N) is 2. The minimum atomic E-state index is -1.71. The van der Waals surface area contributed by atoms with Crippen LogP contribution < -0.4 is 25.8 Å². The summed E-state index contributed by atoms with van der Waals surface area (Å²) in [6.45, 7) is 6.09. The van der Waals surface area contributed by atoms with E-state index in [-0.39, 0.29) is 36.9 Å². The van der Waals surface area contributed by atoms with Gasteiger partial charge in [0.25, 0.3) is 5.91 Å². The molecule has 1 aliphatic rings. The van der Waals surface area contributed by atoms with E-state index in [0.29, 0.717) is 43.7 Å². The highest BCUT2D eigenvalue weighted by Crippen LogP contribution is 2.45. The van der Waals surface area contributed by atoms with E-state index >= 15 is 0 Å². The van der Waals surface area contributed by atoms with E-state index in [9.17, 15) is 24.2 Å². The molecule has 2 aromatic carbocycles. The van der Waals surface area contributed by atoms with E-state index in [0.717, 1.165) is 0 Å². The van der Waals surface area contributed by atoms with E-state index < -0.39 is 28.3 Å². The molecule has 0 spiro atoms. The number of carbonyl (C=O) groups excluding carboxylic acids is 2. The molecule has 0 radical (unpaired) electrons. The van der Waals surface area contributed by atoms with Gasteiger partial charge in [-0.1, -0.05) is 11.3 Å². The van der Waals surface area contributed by atoms with E-state index in [1.807, 2.05) is 0 Å². The molecule has 0 aliphatic carbocycles. The van der Waals surface area contributed by atoms with Gasteiger partial charge < -0.3 is 36.1 Å². The standard InChI is InChI=1S/C31H34FN5O6S/c1-29(2,40)13-35-27(39)30(3)15-43-25-19(30)12-22(36-23(25)16-6-8-18(32)9-7-16)31(4,41)14-34-26(38)17-10-20(42-5)24-21(11-17)44-28(33)37-24/h6-12,40-41H,13-15H2,1-5H3,(H2,33,37)(H,34,38)(H,35,39)/t30-,31-/m0/s1. The number of nitrogens with two attached hydrogens (primary N) is 1. The first-order valence-electron chi connectivity index (χ1n) is 13.8. The summed E-state index contributed by atoms with van der Waals surface area (Å²) in [4.78, 5) is 35.6. The molecule has 13 heteroatoms. The minimum absolute atomic E-state index is 0.00790. The van der Waals surface area contributed by atoms with Crippen molar-refractivity contribution in [3.05, 3.63) is 65.1 Å². The van der Waals surface area contributed by atoms with Crippen molar-refractivity contribution in [3.8, 4) is 22.8 Å². The molecule has 2 aromatic heterocycles. The number of carbonyl (C=O) groups is 2. The lowest BCUT2D eigenvalue weighted by Gasteiger charge is -2.28. The van der Waals surface area contributed by atoms with Crippen molar-refractivity contribution in [1.29, 1.82) is 0 Å². The molecule has 232 valence electrons. The normalized spacial score (nSPS) is 17.5. The SMILES string of the molecule is COc1cc(C(=O)NC[C@](C)(O)c2cc3c(c(-c4ccc(F)cc4)n2)OC[C@]3(C)C(=O)NCC(C)(C)O)cc2sc(N)nc12. The number of hydrogen-bond donors (Lipinski definition) is 5. The van der Waals surface area contributed by atoms with Crippen molar-refractivity contribution < 1.29 is 33.7 Å². The van der Waals surface area contributed by atoms with Crippen LogP contribution in [-0.2, 0) is 15.8 Å². The van der Waals surface area contributed by atoms with Crippen LogP contribution >= 0.6 is 11.3 Å². The lowest BCUT2D eigenvalue weighted by Crippen LogP contribution is -2.48. The molecule has 4 aromatic rings. The molecule has 3 heterocycles. The number of benzene rings is 2. The fourth-order valence-electron chi connectivity index (χ4n) is 4.89. The van der Waals surface area contributed by atoms with Crippen LogP contribution in [0.5, 0.6) is 11.5 Å². The number of aliphatic hydroxyl groups is 2. The third-order valence-corrected chi connectivity index (χ3v) is 8.31. The molecule has 2 amide bonds. The van der Waals surface area contributed by atoms with Gasteiger partial charge in [-0.15, -0.1) is 0 Å². The summed E-state index contributed by atoms with van der Waals surface area (Å²) in [6, 6.07) is 10.4. The number of fused-ring (bicyclic) bond motifs is 2. The van der Waals surface area contributed by atoms with Crippen molar-refractivity contribution in [2.45, 2.75) is 44.3 Å². The number of rotatable bonds is 9. The molecular formula is C31H34FN5O6S. The number of anilines is 1. The Labute approximate surface area is 257 Å². The fourth-order valence-corrected chi connectivity index (χ4v) is 5.68. The van der Waals surface area contributed by atoms with Gasteiger partial charge in [-0.25, -0.2) is 14.4 Å². The molecule has 6 N–H and O–H groups in total. The maximum Gasteiger partial charge on any atom is 0.251 e. The zero-order valence-electron chi connectivity index (χ0n) is 24.9. The number of amides is 2. The Kier molecular flexibility index (Phi) is 7.99. The first-order chi connectivity index (χ1) is 20.6. The van der Waals surface area contributed by atoms with Crippen LogP contribution in [-0.4, -0.2) is 64.4 Å². The smallest absolute Gasteiger partial charge is 0.251 e. The topological polar surface area (TPSA) is 169 Å². The molecule has 11 nitrogen and oxygen atoms in total. The zero-order valence-corrected chi connectivity index (χ0v) is 25.8. The van der Waals surface area contributed by atoms with Gasteiger partial charge in [0.1, 0.15) is 46.1 Å².